The van der Waals surface area contributed by atoms with Crippen LogP contribution in [0.15, 0.2) is 183 Å². The predicted molar refractivity (Wildman–Crippen MR) is 212 cm³/mol. The maximum absolute atomic E-state index is 6.82. The van der Waals surface area contributed by atoms with Crippen molar-refractivity contribution < 1.29 is 13.3 Å². The zero-order chi connectivity index (χ0) is 34.2. The van der Waals surface area contributed by atoms with Crippen molar-refractivity contribution in [3.8, 4) is 22.6 Å². The van der Waals surface area contributed by atoms with Crippen molar-refractivity contribution in [1.29, 1.82) is 0 Å². The number of rotatable bonds is 5. The van der Waals surface area contributed by atoms with E-state index in [-0.39, 0.29) is 0 Å². The summed E-state index contributed by atoms with van der Waals surface area (Å²) in [5.41, 5.74) is 10.8. The molecule has 0 atom stereocenters. The third-order valence-corrected chi connectivity index (χ3v) is 10.1. The van der Waals surface area contributed by atoms with Gasteiger partial charge in [0.1, 0.15) is 22.3 Å². The van der Waals surface area contributed by atoms with E-state index in [2.05, 4.69) is 120 Å². The molecule has 52 heavy (non-hydrogen) atoms. The van der Waals surface area contributed by atoms with Gasteiger partial charge in [-0.05, 0) is 82.6 Å². The van der Waals surface area contributed by atoms with Gasteiger partial charge in [0.15, 0.2) is 11.2 Å². The van der Waals surface area contributed by atoms with Crippen LogP contribution >= 0.6 is 0 Å². The molecule has 0 bridgehead atoms. The van der Waals surface area contributed by atoms with Crippen molar-refractivity contribution in [3.63, 3.8) is 0 Å². The van der Waals surface area contributed by atoms with Crippen molar-refractivity contribution in [1.82, 2.24) is 4.98 Å². The lowest BCUT2D eigenvalue weighted by atomic mass is 9.97. The monoisotopic (exact) mass is 668 g/mol. The Morgan fingerprint density at radius 2 is 1.12 bits per heavy atom. The van der Waals surface area contributed by atoms with Crippen LogP contribution in [0.4, 0.5) is 17.1 Å². The molecule has 11 aromatic rings. The largest absolute Gasteiger partial charge is 0.456 e. The number of furan rings is 2. The van der Waals surface area contributed by atoms with E-state index in [0.29, 0.717) is 5.89 Å². The fourth-order valence-corrected chi connectivity index (χ4v) is 7.75. The highest BCUT2D eigenvalue weighted by Crippen LogP contribution is 2.46. The molecule has 0 N–H and O–H groups in total. The van der Waals surface area contributed by atoms with E-state index in [1.165, 1.54) is 16.3 Å². The van der Waals surface area contributed by atoms with E-state index in [0.717, 1.165) is 83.2 Å². The van der Waals surface area contributed by atoms with E-state index in [4.69, 9.17) is 18.2 Å². The van der Waals surface area contributed by atoms with E-state index in [1.807, 2.05) is 54.6 Å². The van der Waals surface area contributed by atoms with Crippen molar-refractivity contribution in [2.75, 3.05) is 4.90 Å². The first-order valence-electron chi connectivity index (χ1n) is 17.4. The van der Waals surface area contributed by atoms with Gasteiger partial charge in [0, 0.05) is 38.9 Å². The molecule has 0 unspecified atom stereocenters. The molecule has 0 aliphatic carbocycles. The van der Waals surface area contributed by atoms with Gasteiger partial charge in [-0.1, -0.05) is 103 Å². The average Bonchev–Trinajstić information content (AvgIpc) is 3.91. The molecule has 0 spiro atoms. The van der Waals surface area contributed by atoms with Crippen LogP contribution in [0, 0.1) is 0 Å². The summed E-state index contributed by atoms with van der Waals surface area (Å²) >= 11 is 0. The second-order valence-corrected chi connectivity index (χ2v) is 13.1. The highest BCUT2D eigenvalue weighted by molar-refractivity contribution is 6.16. The van der Waals surface area contributed by atoms with Crippen LogP contribution < -0.4 is 4.90 Å². The molecule has 0 saturated carbocycles. The van der Waals surface area contributed by atoms with Gasteiger partial charge in [0.05, 0.1) is 11.4 Å². The summed E-state index contributed by atoms with van der Waals surface area (Å²) in [5, 5.41) is 6.53. The van der Waals surface area contributed by atoms with Crippen LogP contribution in [0.3, 0.4) is 0 Å². The number of para-hydroxylation sites is 4. The molecule has 8 aromatic carbocycles. The van der Waals surface area contributed by atoms with E-state index >= 15 is 0 Å². The van der Waals surface area contributed by atoms with Crippen molar-refractivity contribution >= 4 is 82.8 Å². The average molecular weight is 669 g/mol. The SMILES string of the molecule is c1cc(-c2cccc3ccccc23)cc(N(c2ccc3c(c2)oc2ccccc23)c2cccc3c2oc2cccc(-c4nc5ccccc5o4)c23)c1. The molecule has 244 valence electrons. The fraction of sp³-hybridized carbons (Fsp3) is 0. The standard InChI is InChI=1S/C47H28N2O3/c1-2-15-33-29(11-1)12-8-17-34(33)30-13-7-14-31(27-30)49(32-25-26-36-35-16-3-5-22-41(35)50-44(36)28-32)40-21-9-18-37-45-38(19-10-24-43(45)51-46(37)40)47-48-39-20-4-6-23-42(39)52-47/h1-28H. The molecule has 0 aliphatic rings. The van der Waals surface area contributed by atoms with Crippen LogP contribution in [0.2, 0.25) is 0 Å². The number of aromatic nitrogens is 1. The summed E-state index contributed by atoms with van der Waals surface area (Å²) < 4.78 is 19.5. The molecule has 5 heteroatoms. The van der Waals surface area contributed by atoms with Crippen molar-refractivity contribution in [3.05, 3.63) is 170 Å². The topological polar surface area (TPSA) is 55.6 Å². The van der Waals surface area contributed by atoms with Gasteiger partial charge in [-0.3, -0.25) is 0 Å². The molecule has 0 aliphatic heterocycles. The number of hydrogen-bond donors (Lipinski definition) is 0. The van der Waals surface area contributed by atoms with Gasteiger partial charge >= 0.3 is 0 Å². The summed E-state index contributed by atoms with van der Waals surface area (Å²) in [6.07, 6.45) is 0. The van der Waals surface area contributed by atoms with Crippen LogP contribution in [-0.2, 0) is 0 Å². The summed E-state index contributed by atoms with van der Waals surface area (Å²) in [7, 11) is 0. The molecule has 0 fully saturated rings. The number of nitrogens with zero attached hydrogens (tertiary/aromatic N) is 2. The van der Waals surface area contributed by atoms with Crippen molar-refractivity contribution in [2.45, 2.75) is 0 Å². The molecule has 11 rings (SSSR count). The second-order valence-electron chi connectivity index (χ2n) is 13.1. The minimum Gasteiger partial charge on any atom is -0.456 e. The Morgan fingerprint density at radius 1 is 0.423 bits per heavy atom. The molecule has 3 heterocycles. The van der Waals surface area contributed by atoms with E-state index in [9.17, 15) is 0 Å². The first kappa shape index (κ1) is 28.7. The molecular formula is C47H28N2O3. The van der Waals surface area contributed by atoms with Gasteiger partial charge in [0.2, 0.25) is 5.89 Å². The smallest absolute Gasteiger partial charge is 0.228 e. The van der Waals surface area contributed by atoms with Gasteiger partial charge < -0.3 is 18.2 Å². The lowest BCUT2D eigenvalue weighted by Gasteiger charge is -2.26. The third kappa shape index (κ3) is 4.39. The normalized spacial score (nSPS) is 11.8. The number of anilines is 3. The molecule has 0 saturated heterocycles. The van der Waals surface area contributed by atoms with Gasteiger partial charge in [-0.15, -0.1) is 0 Å². The Balaban J connectivity index is 1.15. The predicted octanol–water partition coefficient (Wildman–Crippen LogP) is 13.6. The van der Waals surface area contributed by atoms with E-state index in [1.54, 1.807) is 0 Å². The summed E-state index contributed by atoms with van der Waals surface area (Å²) in [4.78, 5) is 7.12. The van der Waals surface area contributed by atoms with Crippen LogP contribution in [-0.4, -0.2) is 4.98 Å². The Labute approximate surface area is 297 Å². The lowest BCUT2D eigenvalue weighted by Crippen LogP contribution is -2.10. The molecule has 0 amide bonds. The summed E-state index contributed by atoms with van der Waals surface area (Å²) in [5.74, 6) is 0.565. The number of fused-ring (bicyclic) bond motifs is 8. The van der Waals surface area contributed by atoms with Gasteiger partial charge in [0.25, 0.3) is 0 Å². The zero-order valence-corrected chi connectivity index (χ0v) is 27.8. The zero-order valence-electron chi connectivity index (χ0n) is 27.8. The van der Waals surface area contributed by atoms with Crippen LogP contribution in [0.25, 0.3) is 88.3 Å². The highest BCUT2D eigenvalue weighted by atomic mass is 16.4. The number of hydrogen-bond acceptors (Lipinski definition) is 5. The van der Waals surface area contributed by atoms with Gasteiger partial charge in [-0.25, -0.2) is 4.98 Å². The number of oxazole rings is 1. The minimum atomic E-state index is 0.565. The first-order chi connectivity index (χ1) is 25.8. The Bertz CT molecular complexity index is 3130. The molecule has 5 nitrogen and oxygen atoms in total. The molecular weight excluding hydrogens is 641 g/mol. The van der Waals surface area contributed by atoms with Crippen LogP contribution in [0.5, 0.6) is 0 Å². The lowest BCUT2D eigenvalue weighted by molar-refractivity contribution is 0.620. The summed E-state index contributed by atoms with van der Waals surface area (Å²) in [6.45, 7) is 0. The number of benzene rings is 8. The Hall–Kier alpha value is -7.11. The Morgan fingerprint density at radius 3 is 2.06 bits per heavy atom. The first-order valence-corrected chi connectivity index (χ1v) is 17.4. The van der Waals surface area contributed by atoms with Crippen molar-refractivity contribution in [2.24, 2.45) is 0 Å². The quantitative estimate of drug-likeness (QED) is 0.183. The van der Waals surface area contributed by atoms with Gasteiger partial charge in [-0.2, -0.15) is 0 Å². The maximum atomic E-state index is 6.82. The highest BCUT2D eigenvalue weighted by Gasteiger charge is 2.23. The molecule has 3 aromatic heterocycles. The summed E-state index contributed by atoms with van der Waals surface area (Å²) in [6, 6.07) is 58.6. The van der Waals surface area contributed by atoms with E-state index < -0.39 is 0 Å². The fourth-order valence-electron chi connectivity index (χ4n) is 7.75. The maximum Gasteiger partial charge on any atom is 0.228 e. The second kappa shape index (κ2) is 11.2. The minimum absolute atomic E-state index is 0.565. The Kier molecular flexibility index (Phi) is 6.18. The third-order valence-electron chi connectivity index (χ3n) is 10.1. The molecule has 0 radical (unpaired) electrons. The van der Waals surface area contributed by atoms with Crippen LogP contribution in [0.1, 0.15) is 0 Å².